The van der Waals surface area contributed by atoms with E-state index in [1.807, 2.05) is 0 Å². The summed E-state index contributed by atoms with van der Waals surface area (Å²) >= 11 is 6.56. The molecular formula is C14H15Br2FN4. The van der Waals surface area contributed by atoms with Gasteiger partial charge in [-0.25, -0.2) is 4.39 Å². The molecule has 0 bridgehead atoms. The number of piperidine rings is 1. The Bertz CT molecular complexity index is 542. The van der Waals surface area contributed by atoms with Crippen LogP contribution in [0.2, 0.25) is 0 Å². The van der Waals surface area contributed by atoms with E-state index in [1.54, 1.807) is 6.21 Å². The van der Waals surface area contributed by atoms with Gasteiger partial charge in [-0.2, -0.15) is 10.4 Å². The fourth-order valence-electron chi connectivity index (χ4n) is 2.29. The van der Waals surface area contributed by atoms with Crippen LogP contribution in [0.4, 0.5) is 10.1 Å². The molecule has 1 heterocycles. The maximum atomic E-state index is 13.2. The molecule has 2 rings (SSSR count). The maximum Gasteiger partial charge on any atom is 0.125 e. The number of benzene rings is 1. The highest BCUT2D eigenvalue weighted by atomic mass is 79.9. The molecule has 112 valence electrons. The van der Waals surface area contributed by atoms with Gasteiger partial charge in [0.25, 0.3) is 0 Å². The van der Waals surface area contributed by atoms with Crippen LogP contribution in [0.1, 0.15) is 12.8 Å². The van der Waals surface area contributed by atoms with Crippen LogP contribution in [0, 0.1) is 29.0 Å². The van der Waals surface area contributed by atoms with E-state index in [9.17, 15) is 9.65 Å². The van der Waals surface area contributed by atoms with Gasteiger partial charge in [0.05, 0.1) is 17.7 Å². The molecule has 0 saturated carbocycles. The molecule has 0 spiro atoms. The summed E-state index contributed by atoms with van der Waals surface area (Å²) in [4.78, 5) is 0. The highest BCUT2D eigenvalue weighted by molar-refractivity contribution is 9.11. The average molecular weight is 418 g/mol. The molecule has 2 N–H and O–H groups in total. The van der Waals surface area contributed by atoms with Crippen molar-refractivity contribution in [1.29, 1.82) is 5.26 Å². The number of nitriles is 1. The van der Waals surface area contributed by atoms with Crippen molar-refractivity contribution in [1.82, 2.24) is 5.32 Å². The lowest BCUT2D eigenvalue weighted by Gasteiger charge is -2.24. The summed E-state index contributed by atoms with van der Waals surface area (Å²) in [6.07, 6.45) is 3.60. The predicted molar refractivity (Wildman–Crippen MR) is 88.6 cm³/mol. The zero-order valence-corrected chi connectivity index (χ0v) is 14.4. The number of hydrogen-bond acceptors (Lipinski definition) is 4. The van der Waals surface area contributed by atoms with Crippen LogP contribution in [0.25, 0.3) is 0 Å². The zero-order valence-electron chi connectivity index (χ0n) is 11.2. The van der Waals surface area contributed by atoms with Gasteiger partial charge in [-0.3, -0.25) is 5.43 Å². The quantitative estimate of drug-likeness (QED) is 0.577. The third kappa shape index (κ3) is 4.50. The molecule has 0 aliphatic carbocycles. The summed E-state index contributed by atoms with van der Waals surface area (Å²) in [6.45, 7) is 1.89. The first-order chi connectivity index (χ1) is 10.1. The van der Waals surface area contributed by atoms with Gasteiger partial charge in [0.2, 0.25) is 0 Å². The Morgan fingerprint density at radius 1 is 1.38 bits per heavy atom. The summed E-state index contributed by atoms with van der Waals surface area (Å²) in [6, 6.07) is 5.01. The first kappa shape index (κ1) is 16.4. The predicted octanol–water partition coefficient (Wildman–Crippen LogP) is 3.89. The van der Waals surface area contributed by atoms with Crippen molar-refractivity contribution in [3.8, 4) is 6.07 Å². The van der Waals surface area contributed by atoms with Gasteiger partial charge >= 0.3 is 0 Å². The summed E-state index contributed by atoms with van der Waals surface area (Å²) < 4.78 is 14.3. The van der Waals surface area contributed by atoms with E-state index in [-0.39, 0.29) is 11.7 Å². The molecule has 1 aliphatic rings. The van der Waals surface area contributed by atoms with Crippen molar-refractivity contribution in [2.45, 2.75) is 12.8 Å². The summed E-state index contributed by atoms with van der Waals surface area (Å²) in [5, 5.41) is 16.7. The molecule has 0 aromatic heterocycles. The molecule has 21 heavy (non-hydrogen) atoms. The van der Waals surface area contributed by atoms with E-state index in [1.165, 1.54) is 12.1 Å². The summed E-state index contributed by atoms with van der Waals surface area (Å²) in [5.41, 5.74) is 3.49. The Kier molecular flexibility index (Phi) is 6.15. The first-order valence-corrected chi connectivity index (χ1v) is 8.24. The van der Waals surface area contributed by atoms with Gasteiger partial charge in [0, 0.05) is 15.2 Å². The second kappa shape index (κ2) is 7.87. The molecule has 1 aromatic carbocycles. The molecule has 0 radical (unpaired) electrons. The van der Waals surface area contributed by atoms with Gasteiger partial charge < -0.3 is 5.32 Å². The molecule has 1 saturated heterocycles. The largest absolute Gasteiger partial charge is 0.317 e. The van der Waals surface area contributed by atoms with Gasteiger partial charge in [-0.1, -0.05) is 0 Å². The van der Waals surface area contributed by atoms with Crippen molar-refractivity contribution in [2.24, 2.45) is 16.9 Å². The number of rotatable bonds is 4. The number of nitrogens with one attached hydrogen (secondary N) is 2. The van der Waals surface area contributed by atoms with Crippen molar-refractivity contribution in [3.63, 3.8) is 0 Å². The van der Waals surface area contributed by atoms with Gasteiger partial charge in [-0.05, 0) is 75.8 Å². The highest BCUT2D eigenvalue weighted by Gasteiger charge is 2.21. The number of hydrogen-bond donors (Lipinski definition) is 2. The van der Waals surface area contributed by atoms with Gasteiger partial charge in [-0.15, -0.1) is 0 Å². The summed E-state index contributed by atoms with van der Waals surface area (Å²) in [7, 11) is 0. The molecule has 1 unspecified atom stereocenters. The van der Waals surface area contributed by atoms with Crippen molar-refractivity contribution >= 4 is 43.8 Å². The lowest BCUT2D eigenvalue weighted by Crippen LogP contribution is -2.31. The fourth-order valence-corrected chi connectivity index (χ4v) is 3.60. The van der Waals surface area contributed by atoms with E-state index in [0.717, 1.165) is 25.9 Å². The van der Waals surface area contributed by atoms with Crippen molar-refractivity contribution < 1.29 is 4.39 Å². The second-order valence-corrected chi connectivity index (χ2v) is 6.59. The molecule has 4 nitrogen and oxygen atoms in total. The lowest BCUT2D eigenvalue weighted by atomic mass is 9.86. The minimum absolute atomic E-state index is 0.211. The number of halogens is 3. The number of anilines is 1. The Labute approximate surface area is 140 Å². The van der Waals surface area contributed by atoms with Crippen LogP contribution in [0.15, 0.2) is 26.2 Å². The highest BCUT2D eigenvalue weighted by Crippen LogP contribution is 2.32. The summed E-state index contributed by atoms with van der Waals surface area (Å²) in [5.74, 6) is -0.215. The molecule has 1 atom stereocenters. The minimum Gasteiger partial charge on any atom is -0.317 e. The van der Waals surface area contributed by atoms with Crippen molar-refractivity contribution in [3.05, 3.63) is 26.9 Å². The van der Waals surface area contributed by atoms with Crippen LogP contribution in [-0.2, 0) is 0 Å². The smallest absolute Gasteiger partial charge is 0.125 e. The van der Waals surface area contributed by atoms with E-state index in [4.69, 9.17) is 0 Å². The van der Waals surface area contributed by atoms with Gasteiger partial charge in [0.15, 0.2) is 0 Å². The average Bonchev–Trinajstić information content (AvgIpc) is 2.46. The first-order valence-electron chi connectivity index (χ1n) is 6.66. The van der Waals surface area contributed by atoms with Crippen LogP contribution in [0.5, 0.6) is 0 Å². The third-order valence-corrected chi connectivity index (χ3v) is 4.71. The topological polar surface area (TPSA) is 60.2 Å². The zero-order chi connectivity index (χ0) is 15.2. The van der Waals surface area contributed by atoms with E-state index < -0.39 is 0 Å². The number of nitrogens with zero attached hydrogens (tertiary/aromatic N) is 2. The normalized spacial score (nSPS) is 17.6. The van der Waals surface area contributed by atoms with E-state index in [0.29, 0.717) is 20.6 Å². The Morgan fingerprint density at radius 2 is 2.00 bits per heavy atom. The second-order valence-electron chi connectivity index (χ2n) is 4.88. The lowest BCUT2D eigenvalue weighted by molar-refractivity contribution is 0.350. The SMILES string of the molecule is N#CC(C=NNc1c(Br)cc(F)cc1Br)C1CCNCC1. The van der Waals surface area contributed by atoms with Crippen LogP contribution in [0.3, 0.4) is 0 Å². The maximum absolute atomic E-state index is 13.2. The monoisotopic (exact) mass is 416 g/mol. The molecular weight excluding hydrogens is 403 g/mol. The molecule has 1 aromatic rings. The standard InChI is InChI=1S/C14H15Br2FN4/c15-12-5-11(17)6-13(16)14(12)21-20-8-10(7-18)9-1-3-19-4-2-9/h5-6,8-10,19,21H,1-4H2. The molecule has 7 heteroatoms. The number of hydrazone groups is 1. The van der Waals surface area contributed by atoms with Crippen molar-refractivity contribution in [2.75, 3.05) is 18.5 Å². The van der Waals surface area contributed by atoms with E-state index >= 15 is 0 Å². The molecule has 1 aliphatic heterocycles. The van der Waals surface area contributed by atoms with E-state index in [2.05, 4.69) is 53.8 Å². The Hall–Kier alpha value is -0.970. The van der Waals surface area contributed by atoms with Gasteiger partial charge in [0.1, 0.15) is 5.82 Å². The Morgan fingerprint density at radius 3 is 2.57 bits per heavy atom. The van der Waals surface area contributed by atoms with Crippen LogP contribution < -0.4 is 10.7 Å². The Balaban J connectivity index is 2.02. The fraction of sp³-hybridized carbons (Fsp3) is 0.429. The molecule has 0 amide bonds. The van der Waals surface area contributed by atoms with Crippen LogP contribution in [-0.4, -0.2) is 19.3 Å². The molecule has 1 fully saturated rings. The third-order valence-electron chi connectivity index (χ3n) is 3.46. The minimum atomic E-state index is -0.340. The van der Waals surface area contributed by atoms with Crippen LogP contribution >= 0.6 is 31.9 Å².